The van der Waals surface area contributed by atoms with Gasteiger partial charge in [-0.25, -0.2) is 4.98 Å². The highest BCUT2D eigenvalue weighted by molar-refractivity contribution is 5.92. The number of nitrogens with one attached hydrogen (secondary N) is 2. The molecular weight excluding hydrogens is 356 g/mol. The van der Waals surface area contributed by atoms with E-state index in [9.17, 15) is 9.59 Å². The van der Waals surface area contributed by atoms with Crippen LogP contribution in [0, 0.1) is 0 Å². The number of amides is 1. The first-order valence-corrected chi connectivity index (χ1v) is 9.41. The summed E-state index contributed by atoms with van der Waals surface area (Å²) in [6.07, 6.45) is 4.93. The number of aromatic amines is 2. The van der Waals surface area contributed by atoms with Crippen molar-refractivity contribution in [3.05, 3.63) is 64.2 Å². The Kier molecular flexibility index (Phi) is 4.77. The zero-order valence-electron chi connectivity index (χ0n) is 15.8. The number of pyridine rings is 1. The molecule has 0 aromatic carbocycles. The third kappa shape index (κ3) is 3.45. The summed E-state index contributed by atoms with van der Waals surface area (Å²) >= 11 is 0. The zero-order chi connectivity index (χ0) is 19.7. The molecule has 0 bridgehead atoms. The molecule has 1 fully saturated rings. The Bertz CT molecular complexity index is 1040. The molecule has 28 heavy (non-hydrogen) atoms. The molecule has 0 aliphatic carbocycles. The Labute approximate surface area is 162 Å². The largest absolute Gasteiger partial charge is 0.327 e. The number of carbonyl (C=O) groups is 1. The maximum Gasteiger partial charge on any atom is 0.274 e. The Morgan fingerprint density at radius 3 is 2.89 bits per heavy atom. The molecule has 1 aliphatic rings. The second kappa shape index (κ2) is 7.38. The van der Waals surface area contributed by atoms with Gasteiger partial charge in [-0.05, 0) is 37.0 Å². The monoisotopic (exact) mass is 378 g/mol. The highest BCUT2D eigenvalue weighted by Crippen LogP contribution is 2.31. The Hall–Kier alpha value is -3.29. The van der Waals surface area contributed by atoms with E-state index in [1.165, 1.54) is 6.07 Å². The molecule has 1 unspecified atom stereocenters. The summed E-state index contributed by atoms with van der Waals surface area (Å²) in [7, 11) is 0. The minimum Gasteiger partial charge on any atom is -0.327 e. The van der Waals surface area contributed by atoms with E-state index in [1.807, 2.05) is 19.9 Å². The molecule has 8 nitrogen and oxygen atoms in total. The lowest BCUT2D eigenvalue weighted by molar-refractivity contribution is 0.0723. The fraction of sp³-hybridized carbons (Fsp3) is 0.350. The number of hydrogen-bond acceptors (Lipinski definition) is 5. The van der Waals surface area contributed by atoms with E-state index in [0.29, 0.717) is 23.8 Å². The Morgan fingerprint density at radius 1 is 1.32 bits per heavy atom. The molecule has 0 radical (unpaired) electrons. The summed E-state index contributed by atoms with van der Waals surface area (Å²) in [6, 6.07) is 6.62. The number of aromatic nitrogens is 5. The van der Waals surface area contributed by atoms with Gasteiger partial charge in [0, 0.05) is 36.3 Å². The number of hydrogen-bond donors (Lipinski definition) is 2. The molecule has 144 valence electrons. The molecule has 3 aromatic rings. The van der Waals surface area contributed by atoms with Crippen LogP contribution >= 0.6 is 0 Å². The molecule has 0 saturated carbocycles. The second-order valence-electron chi connectivity index (χ2n) is 7.28. The number of likely N-dealkylation sites (tertiary alicyclic amines) is 1. The molecule has 4 heterocycles. The average molecular weight is 378 g/mol. The number of H-pyrrole nitrogens is 2. The van der Waals surface area contributed by atoms with E-state index < -0.39 is 0 Å². The number of rotatable bonds is 4. The quantitative estimate of drug-likeness (QED) is 0.726. The summed E-state index contributed by atoms with van der Waals surface area (Å²) in [5.74, 6) is 0.606. The molecule has 3 aromatic heterocycles. The van der Waals surface area contributed by atoms with Crippen molar-refractivity contribution in [1.82, 2.24) is 30.0 Å². The van der Waals surface area contributed by atoms with Gasteiger partial charge in [0.15, 0.2) is 0 Å². The molecule has 1 saturated heterocycles. The van der Waals surface area contributed by atoms with Crippen molar-refractivity contribution in [2.45, 2.75) is 38.6 Å². The predicted molar refractivity (Wildman–Crippen MR) is 104 cm³/mol. The molecule has 1 aliphatic heterocycles. The molecular formula is C20H22N6O2. The minimum absolute atomic E-state index is 0.153. The maximum absolute atomic E-state index is 13.0. The van der Waals surface area contributed by atoms with Crippen LogP contribution in [0.5, 0.6) is 0 Å². The van der Waals surface area contributed by atoms with E-state index in [-0.39, 0.29) is 23.4 Å². The van der Waals surface area contributed by atoms with Crippen LogP contribution in [0.4, 0.5) is 0 Å². The van der Waals surface area contributed by atoms with E-state index in [2.05, 4.69) is 25.1 Å². The summed E-state index contributed by atoms with van der Waals surface area (Å²) in [5, 5.41) is 7.10. The van der Waals surface area contributed by atoms with Gasteiger partial charge in [-0.1, -0.05) is 13.8 Å². The van der Waals surface area contributed by atoms with E-state index in [4.69, 9.17) is 0 Å². The van der Waals surface area contributed by atoms with Gasteiger partial charge in [-0.2, -0.15) is 5.10 Å². The standard InChI is InChI=1S/C20H22N6O2/c1-12(2)14-9-16(25-24-14)20(28)26-8-4-6-17(26)19-22-15(10-18(27)23-19)13-5-3-7-21-11-13/h3,5,7,9-12,17H,4,6,8H2,1-2H3,(H,24,25)(H,22,23,27). The summed E-state index contributed by atoms with van der Waals surface area (Å²) in [4.78, 5) is 38.5. The van der Waals surface area contributed by atoms with Gasteiger partial charge < -0.3 is 9.88 Å². The topological polar surface area (TPSA) is 108 Å². The minimum atomic E-state index is -0.281. The van der Waals surface area contributed by atoms with Crippen LogP contribution in [0.1, 0.15) is 60.7 Å². The molecule has 1 atom stereocenters. The number of carbonyl (C=O) groups excluding carboxylic acids is 1. The lowest BCUT2D eigenvalue weighted by Crippen LogP contribution is -2.32. The molecule has 4 rings (SSSR count). The first-order valence-electron chi connectivity index (χ1n) is 9.41. The van der Waals surface area contributed by atoms with Crippen molar-refractivity contribution in [2.24, 2.45) is 0 Å². The van der Waals surface area contributed by atoms with E-state index >= 15 is 0 Å². The smallest absolute Gasteiger partial charge is 0.274 e. The van der Waals surface area contributed by atoms with E-state index in [1.54, 1.807) is 29.4 Å². The van der Waals surface area contributed by atoms with Crippen molar-refractivity contribution in [1.29, 1.82) is 0 Å². The highest BCUT2D eigenvalue weighted by Gasteiger charge is 2.33. The van der Waals surface area contributed by atoms with Crippen molar-refractivity contribution < 1.29 is 4.79 Å². The highest BCUT2D eigenvalue weighted by atomic mass is 16.2. The van der Waals surface area contributed by atoms with Crippen LogP contribution in [-0.4, -0.2) is 42.5 Å². The van der Waals surface area contributed by atoms with Crippen LogP contribution in [0.2, 0.25) is 0 Å². The van der Waals surface area contributed by atoms with Crippen molar-refractivity contribution in [3.8, 4) is 11.3 Å². The van der Waals surface area contributed by atoms with E-state index in [0.717, 1.165) is 24.1 Å². The van der Waals surface area contributed by atoms with Crippen LogP contribution in [0.15, 0.2) is 41.5 Å². The first kappa shape index (κ1) is 18.1. The van der Waals surface area contributed by atoms with Crippen molar-refractivity contribution in [2.75, 3.05) is 6.54 Å². The van der Waals surface area contributed by atoms with Crippen LogP contribution < -0.4 is 5.56 Å². The second-order valence-corrected chi connectivity index (χ2v) is 7.28. The third-order valence-corrected chi connectivity index (χ3v) is 4.99. The predicted octanol–water partition coefficient (Wildman–Crippen LogP) is 2.66. The van der Waals surface area contributed by atoms with Crippen LogP contribution in [0.3, 0.4) is 0 Å². The van der Waals surface area contributed by atoms with Crippen molar-refractivity contribution >= 4 is 5.91 Å². The van der Waals surface area contributed by atoms with Gasteiger partial charge in [0.1, 0.15) is 11.5 Å². The fourth-order valence-corrected chi connectivity index (χ4v) is 3.48. The van der Waals surface area contributed by atoms with Gasteiger partial charge in [0.05, 0.1) is 11.7 Å². The summed E-state index contributed by atoms with van der Waals surface area (Å²) < 4.78 is 0. The fourth-order valence-electron chi connectivity index (χ4n) is 3.48. The molecule has 1 amide bonds. The van der Waals surface area contributed by atoms with Gasteiger partial charge in [-0.15, -0.1) is 0 Å². The first-order chi connectivity index (χ1) is 13.5. The molecule has 0 spiro atoms. The van der Waals surface area contributed by atoms with Crippen molar-refractivity contribution in [3.63, 3.8) is 0 Å². The Balaban J connectivity index is 1.65. The van der Waals surface area contributed by atoms with Gasteiger partial charge in [-0.3, -0.25) is 19.7 Å². The lowest BCUT2D eigenvalue weighted by atomic mass is 10.1. The zero-order valence-corrected chi connectivity index (χ0v) is 15.8. The Morgan fingerprint density at radius 2 is 2.18 bits per heavy atom. The molecule has 8 heteroatoms. The van der Waals surface area contributed by atoms with Crippen LogP contribution in [-0.2, 0) is 0 Å². The number of nitrogens with zero attached hydrogens (tertiary/aromatic N) is 4. The normalized spacial score (nSPS) is 16.7. The van der Waals surface area contributed by atoms with Gasteiger partial charge in [0.2, 0.25) is 0 Å². The molecule has 2 N–H and O–H groups in total. The van der Waals surface area contributed by atoms with Gasteiger partial charge in [0.25, 0.3) is 11.5 Å². The third-order valence-electron chi connectivity index (χ3n) is 4.99. The average Bonchev–Trinajstić information content (AvgIpc) is 3.37. The van der Waals surface area contributed by atoms with Crippen LogP contribution in [0.25, 0.3) is 11.3 Å². The summed E-state index contributed by atoms with van der Waals surface area (Å²) in [5.41, 5.74) is 2.38. The van der Waals surface area contributed by atoms with Gasteiger partial charge >= 0.3 is 0 Å². The summed E-state index contributed by atoms with van der Waals surface area (Å²) in [6.45, 7) is 4.69. The SMILES string of the molecule is CC(C)c1cc(C(=O)N2CCCC2c2nc(-c3cccnc3)cc(=O)[nH]2)n[nH]1. The maximum atomic E-state index is 13.0. The lowest BCUT2D eigenvalue weighted by Gasteiger charge is -2.23.